The molecular weight excluding hydrogens is 328 g/mol. The van der Waals surface area contributed by atoms with Gasteiger partial charge in [0.15, 0.2) is 0 Å². The summed E-state index contributed by atoms with van der Waals surface area (Å²) in [6.45, 7) is 6.00. The van der Waals surface area contributed by atoms with Gasteiger partial charge in [-0.15, -0.1) is 0 Å². The summed E-state index contributed by atoms with van der Waals surface area (Å²) in [5.41, 5.74) is 1.79. The molecule has 0 saturated carbocycles. The van der Waals surface area contributed by atoms with Gasteiger partial charge in [-0.05, 0) is 25.0 Å². The number of fused-ring (bicyclic) bond motifs is 1. The molecule has 0 radical (unpaired) electrons. The zero-order chi connectivity index (χ0) is 18.5. The number of rotatable bonds is 5. The summed E-state index contributed by atoms with van der Waals surface area (Å²) in [6.07, 6.45) is 4.55. The van der Waals surface area contributed by atoms with E-state index >= 15 is 0 Å². The number of aromatic nitrogens is 2. The third-order valence-corrected chi connectivity index (χ3v) is 4.93. The van der Waals surface area contributed by atoms with Gasteiger partial charge in [0.2, 0.25) is 11.8 Å². The van der Waals surface area contributed by atoms with Crippen LogP contribution < -0.4 is 5.32 Å². The first-order valence-corrected chi connectivity index (χ1v) is 9.56. The zero-order valence-electron chi connectivity index (χ0n) is 15.7. The molecule has 0 atom stereocenters. The molecule has 6 heteroatoms. The standard InChI is InChI=1S/C20H28N4O2/c1-15(2)20(26)21-13-18-22-16-9-5-6-10-17(16)24(18)14-19(25)23-11-7-3-4-8-12-23/h5-6,9-10,15H,3-4,7-8,11-14H2,1-2H3,(H,21,26). The predicted octanol–water partition coefficient (Wildman–Crippen LogP) is 2.71. The van der Waals surface area contributed by atoms with Gasteiger partial charge in [0.25, 0.3) is 0 Å². The molecule has 2 amide bonds. The SMILES string of the molecule is CC(C)C(=O)NCc1nc2ccccc2n1CC(=O)N1CCCCCC1. The molecule has 0 bridgehead atoms. The lowest BCUT2D eigenvalue weighted by molar-refractivity contribution is -0.131. The maximum atomic E-state index is 12.9. The average molecular weight is 356 g/mol. The van der Waals surface area contributed by atoms with E-state index in [9.17, 15) is 9.59 Å². The van der Waals surface area contributed by atoms with Gasteiger partial charge in [0, 0.05) is 19.0 Å². The minimum absolute atomic E-state index is 0.0116. The molecule has 0 aliphatic carbocycles. The molecule has 6 nitrogen and oxygen atoms in total. The van der Waals surface area contributed by atoms with Crippen LogP contribution in [0.25, 0.3) is 11.0 Å². The van der Waals surface area contributed by atoms with Crippen LogP contribution in [0.1, 0.15) is 45.4 Å². The lowest BCUT2D eigenvalue weighted by Gasteiger charge is -2.21. The summed E-state index contributed by atoms with van der Waals surface area (Å²) in [5.74, 6) is 0.767. The maximum absolute atomic E-state index is 12.9. The number of benzene rings is 1. The average Bonchev–Trinajstić information content (AvgIpc) is 2.81. The number of carbonyl (C=O) groups excluding carboxylic acids is 2. The van der Waals surface area contributed by atoms with Crippen LogP contribution in [0, 0.1) is 5.92 Å². The number of nitrogens with one attached hydrogen (secondary N) is 1. The Morgan fingerprint density at radius 3 is 2.50 bits per heavy atom. The fourth-order valence-corrected chi connectivity index (χ4v) is 3.36. The van der Waals surface area contributed by atoms with Gasteiger partial charge >= 0.3 is 0 Å². The largest absolute Gasteiger partial charge is 0.349 e. The van der Waals surface area contributed by atoms with Crippen molar-refractivity contribution in [2.75, 3.05) is 13.1 Å². The lowest BCUT2D eigenvalue weighted by Crippen LogP contribution is -2.35. The number of hydrogen-bond acceptors (Lipinski definition) is 3. The number of carbonyl (C=O) groups is 2. The van der Waals surface area contributed by atoms with Crippen molar-refractivity contribution >= 4 is 22.8 Å². The molecule has 2 aromatic rings. The quantitative estimate of drug-likeness (QED) is 0.896. The number of para-hydroxylation sites is 2. The lowest BCUT2D eigenvalue weighted by atomic mass is 10.2. The van der Waals surface area contributed by atoms with Crippen molar-refractivity contribution in [1.29, 1.82) is 0 Å². The molecule has 1 aliphatic heterocycles. The van der Waals surface area contributed by atoms with Crippen molar-refractivity contribution in [1.82, 2.24) is 19.8 Å². The van der Waals surface area contributed by atoms with Crippen LogP contribution in [0.15, 0.2) is 24.3 Å². The van der Waals surface area contributed by atoms with Crippen LogP contribution >= 0.6 is 0 Å². The molecule has 140 valence electrons. The number of hydrogen-bond donors (Lipinski definition) is 1. The molecule has 26 heavy (non-hydrogen) atoms. The highest BCUT2D eigenvalue weighted by molar-refractivity contribution is 5.81. The Bertz CT molecular complexity index is 773. The second-order valence-corrected chi connectivity index (χ2v) is 7.27. The maximum Gasteiger partial charge on any atom is 0.242 e. The van der Waals surface area contributed by atoms with E-state index in [0.717, 1.165) is 42.8 Å². The van der Waals surface area contributed by atoms with Crippen LogP contribution in [0.4, 0.5) is 0 Å². The normalized spacial score (nSPS) is 15.3. The number of likely N-dealkylation sites (tertiary alicyclic amines) is 1. The van der Waals surface area contributed by atoms with E-state index in [1.807, 2.05) is 47.6 Å². The van der Waals surface area contributed by atoms with Crippen molar-refractivity contribution in [3.63, 3.8) is 0 Å². The number of amides is 2. The molecule has 1 aromatic carbocycles. The van der Waals surface area contributed by atoms with Crippen LogP contribution in [-0.2, 0) is 22.7 Å². The minimum Gasteiger partial charge on any atom is -0.349 e. The van der Waals surface area contributed by atoms with Crippen molar-refractivity contribution in [2.45, 2.75) is 52.6 Å². The molecule has 1 aromatic heterocycles. The minimum atomic E-state index is -0.0773. The molecule has 1 fully saturated rings. The van der Waals surface area contributed by atoms with Crippen LogP contribution in [0.5, 0.6) is 0 Å². The number of nitrogens with zero attached hydrogens (tertiary/aromatic N) is 3. The highest BCUT2D eigenvalue weighted by Gasteiger charge is 2.19. The van der Waals surface area contributed by atoms with E-state index in [2.05, 4.69) is 10.3 Å². The number of imidazole rings is 1. The second kappa shape index (κ2) is 8.34. The van der Waals surface area contributed by atoms with Gasteiger partial charge in [-0.25, -0.2) is 4.98 Å². The highest BCUT2D eigenvalue weighted by Crippen LogP contribution is 2.17. The van der Waals surface area contributed by atoms with Gasteiger partial charge in [0.1, 0.15) is 12.4 Å². The van der Waals surface area contributed by atoms with Gasteiger partial charge < -0.3 is 14.8 Å². The Kier molecular flexibility index (Phi) is 5.91. The molecule has 1 aliphatic rings. The fraction of sp³-hybridized carbons (Fsp3) is 0.550. The molecule has 3 rings (SSSR count). The van der Waals surface area contributed by atoms with E-state index in [1.54, 1.807) is 0 Å². The summed E-state index contributed by atoms with van der Waals surface area (Å²) >= 11 is 0. The van der Waals surface area contributed by atoms with Gasteiger partial charge in [0.05, 0.1) is 17.6 Å². The van der Waals surface area contributed by atoms with E-state index in [1.165, 1.54) is 12.8 Å². The summed E-state index contributed by atoms with van der Waals surface area (Å²) in [5, 5.41) is 2.92. The summed E-state index contributed by atoms with van der Waals surface area (Å²) in [4.78, 5) is 31.4. The fourth-order valence-electron chi connectivity index (χ4n) is 3.36. The monoisotopic (exact) mass is 356 g/mol. The Balaban J connectivity index is 1.81. The first kappa shape index (κ1) is 18.4. The van der Waals surface area contributed by atoms with Crippen molar-refractivity contribution < 1.29 is 9.59 Å². The van der Waals surface area contributed by atoms with Crippen molar-refractivity contribution in [3.8, 4) is 0 Å². The highest BCUT2D eigenvalue weighted by atomic mass is 16.2. The molecule has 0 spiro atoms. The first-order chi connectivity index (χ1) is 12.6. The molecular formula is C20H28N4O2. The van der Waals surface area contributed by atoms with Gasteiger partial charge in [-0.3, -0.25) is 9.59 Å². The zero-order valence-corrected chi connectivity index (χ0v) is 15.7. The smallest absolute Gasteiger partial charge is 0.242 e. The summed E-state index contributed by atoms with van der Waals surface area (Å²) in [7, 11) is 0. The van der Waals surface area contributed by atoms with E-state index in [4.69, 9.17) is 0 Å². The summed E-state index contributed by atoms with van der Waals surface area (Å²) < 4.78 is 1.95. The van der Waals surface area contributed by atoms with Crippen LogP contribution in [0.3, 0.4) is 0 Å². The third kappa shape index (κ3) is 4.23. The van der Waals surface area contributed by atoms with E-state index < -0.39 is 0 Å². The first-order valence-electron chi connectivity index (χ1n) is 9.56. The molecule has 2 heterocycles. The van der Waals surface area contributed by atoms with Crippen LogP contribution in [0.2, 0.25) is 0 Å². The Morgan fingerprint density at radius 1 is 1.12 bits per heavy atom. The predicted molar refractivity (Wildman–Crippen MR) is 101 cm³/mol. The molecule has 1 N–H and O–H groups in total. The van der Waals surface area contributed by atoms with Gasteiger partial charge in [-0.2, -0.15) is 0 Å². The second-order valence-electron chi connectivity index (χ2n) is 7.27. The Labute approximate surface area is 154 Å². The Morgan fingerprint density at radius 2 is 1.81 bits per heavy atom. The Hall–Kier alpha value is -2.37. The topological polar surface area (TPSA) is 67.2 Å². The molecule has 0 unspecified atom stereocenters. The van der Waals surface area contributed by atoms with Gasteiger partial charge in [-0.1, -0.05) is 38.8 Å². The van der Waals surface area contributed by atoms with E-state index in [0.29, 0.717) is 6.54 Å². The van der Waals surface area contributed by atoms with Crippen molar-refractivity contribution in [2.24, 2.45) is 5.92 Å². The van der Waals surface area contributed by atoms with Crippen molar-refractivity contribution in [3.05, 3.63) is 30.1 Å². The third-order valence-electron chi connectivity index (χ3n) is 4.93. The molecule has 1 saturated heterocycles. The van der Waals surface area contributed by atoms with Crippen LogP contribution in [-0.4, -0.2) is 39.4 Å². The van der Waals surface area contributed by atoms with E-state index in [-0.39, 0.29) is 24.3 Å². The summed E-state index contributed by atoms with van der Waals surface area (Å²) in [6, 6.07) is 7.81.